The number of aromatic amines is 1. The fraction of sp³-hybridized carbons (Fsp3) is 0. The largest absolute Gasteiger partial charge is 0.354 e. The first-order chi connectivity index (χ1) is 7.75. The van der Waals surface area contributed by atoms with Crippen LogP contribution in [0.1, 0.15) is 0 Å². The quantitative estimate of drug-likeness (QED) is 0.498. The van der Waals surface area contributed by atoms with Gasteiger partial charge in [-0.15, -0.1) is 0 Å². The van der Waals surface area contributed by atoms with Crippen molar-refractivity contribution in [3.05, 3.63) is 46.6 Å². The second-order valence-corrected chi connectivity index (χ2v) is 3.51. The molecule has 0 aliphatic heterocycles. The van der Waals surface area contributed by atoms with Crippen LogP contribution in [0.25, 0.3) is 21.9 Å². The van der Waals surface area contributed by atoms with E-state index < -0.39 is 4.92 Å². The lowest BCUT2D eigenvalue weighted by molar-refractivity contribution is -0.383. The molecule has 5 heteroatoms. The number of para-hydroxylation sites is 1. The van der Waals surface area contributed by atoms with Gasteiger partial charge in [-0.1, -0.05) is 18.2 Å². The highest BCUT2D eigenvalue weighted by Crippen LogP contribution is 2.26. The second-order valence-electron chi connectivity index (χ2n) is 3.51. The van der Waals surface area contributed by atoms with E-state index in [2.05, 4.69) is 9.97 Å². The van der Waals surface area contributed by atoms with Crippen molar-refractivity contribution < 1.29 is 4.92 Å². The van der Waals surface area contributed by atoms with E-state index >= 15 is 0 Å². The van der Waals surface area contributed by atoms with Gasteiger partial charge >= 0.3 is 5.69 Å². The number of rotatable bonds is 1. The summed E-state index contributed by atoms with van der Waals surface area (Å²) in [4.78, 5) is 17.5. The third-order valence-corrected chi connectivity index (χ3v) is 2.53. The predicted molar refractivity (Wildman–Crippen MR) is 60.3 cm³/mol. The summed E-state index contributed by atoms with van der Waals surface area (Å²) in [5, 5.41) is 11.7. The smallest absolute Gasteiger partial charge is 0.312 e. The number of nitrogens with zero attached hydrogens (tertiary/aromatic N) is 2. The van der Waals surface area contributed by atoms with Crippen LogP contribution in [0.3, 0.4) is 0 Å². The average Bonchev–Trinajstić information content (AvgIpc) is 2.68. The van der Waals surface area contributed by atoms with E-state index in [9.17, 15) is 10.1 Å². The third-order valence-electron chi connectivity index (χ3n) is 2.53. The van der Waals surface area contributed by atoms with Crippen LogP contribution in [0.4, 0.5) is 5.69 Å². The predicted octanol–water partition coefficient (Wildman–Crippen LogP) is 2.62. The molecule has 0 saturated carbocycles. The molecule has 3 aromatic rings. The molecule has 0 aliphatic rings. The number of H-pyrrole nitrogens is 1. The van der Waals surface area contributed by atoms with E-state index in [1.165, 1.54) is 6.20 Å². The molecule has 0 amide bonds. The van der Waals surface area contributed by atoms with Crippen molar-refractivity contribution >= 4 is 27.6 Å². The number of nitrogens with one attached hydrogen (secondary N) is 1. The maximum absolute atomic E-state index is 10.8. The molecule has 0 aliphatic carbocycles. The molecule has 0 bridgehead atoms. The molecule has 0 radical (unpaired) electrons. The lowest BCUT2D eigenvalue weighted by atomic mass is 10.2. The van der Waals surface area contributed by atoms with Crippen LogP contribution < -0.4 is 0 Å². The first-order valence-corrected chi connectivity index (χ1v) is 4.77. The fourth-order valence-electron chi connectivity index (χ4n) is 1.77. The molecule has 16 heavy (non-hydrogen) atoms. The third kappa shape index (κ3) is 1.15. The Morgan fingerprint density at radius 2 is 2.12 bits per heavy atom. The number of hydrogen-bond acceptors (Lipinski definition) is 3. The van der Waals surface area contributed by atoms with E-state index in [1.54, 1.807) is 0 Å². The molecule has 3 rings (SSSR count). The molecular weight excluding hydrogens is 206 g/mol. The van der Waals surface area contributed by atoms with Crippen molar-refractivity contribution in [1.82, 2.24) is 9.97 Å². The Labute approximate surface area is 89.9 Å². The van der Waals surface area contributed by atoms with Crippen molar-refractivity contribution in [2.24, 2.45) is 0 Å². The molecule has 2 aromatic heterocycles. The molecule has 1 aromatic carbocycles. The van der Waals surface area contributed by atoms with Gasteiger partial charge in [-0.25, -0.2) is 4.98 Å². The highest BCUT2D eigenvalue weighted by Gasteiger charge is 2.15. The Hall–Kier alpha value is -2.43. The van der Waals surface area contributed by atoms with Gasteiger partial charge in [-0.3, -0.25) is 10.1 Å². The lowest BCUT2D eigenvalue weighted by Gasteiger charge is -1.96. The Morgan fingerprint density at radius 1 is 1.31 bits per heavy atom. The van der Waals surface area contributed by atoms with E-state index in [4.69, 9.17) is 0 Å². The van der Waals surface area contributed by atoms with Gasteiger partial charge in [-0.05, 0) is 12.1 Å². The van der Waals surface area contributed by atoms with Gasteiger partial charge in [0.15, 0.2) is 5.52 Å². The first-order valence-electron chi connectivity index (χ1n) is 4.77. The zero-order valence-corrected chi connectivity index (χ0v) is 8.18. The van der Waals surface area contributed by atoms with Crippen LogP contribution in [-0.4, -0.2) is 14.9 Å². The molecule has 0 atom stereocenters. The molecule has 1 N–H and O–H groups in total. The minimum atomic E-state index is -0.430. The van der Waals surface area contributed by atoms with Gasteiger partial charge in [0.25, 0.3) is 0 Å². The van der Waals surface area contributed by atoms with Gasteiger partial charge in [0.1, 0.15) is 0 Å². The number of pyridine rings is 1. The zero-order valence-electron chi connectivity index (χ0n) is 8.18. The first kappa shape index (κ1) is 8.84. The number of hydrogen-bond donors (Lipinski definition) is 1. The summed E-state index contributed by atoms with van der Waals surface area (Å²) < 4.78 is 0. The molecule has 0 unspecified atom stereocenters. The van der Waals surface area contributed by atoms with Gasteiger partial charge < -0.3 is 4.98 Å². The second kappa shape index (κ2) is 3.03. The van der Waals surface area contributed by atoms with Crippen LogP contribution >= 0.6 is 0 Å². The van der Waals surface area contributed by atoms with E-state index in [-0.39, 0.29) is 5.69 Å². The molecule has 0 fully saturated rings. The Balaban J connectivity index is 2.45. The Bertz CT molecular complexity index is 703. The standard InChI is InChI=1S/C11H7N3O2/c15-14(16)10-6-12-9-5-7-3-1-2-4-8(7)13-11(9)10/h1-6,12H. The molecule has 78 valence electrons. The number of aromatic nitrogens is 2. The normalized spacial score (nSPS) is 11.0. The van der Waals surface area contributed by atoms with Crippen molar-refractivity contribution in [3.63, 3.8) is 0 Å². The fourth-order valence-corrected chi connectivity index (χ4v) is 1.77. The van der Waals surface area contributed by atoms with E-state index in [1.807, 2.05) is 30.3 Å². The summed E-state index contributed by atoms with van der Waals surface area (Å²) in [6.45, 7) is 0. The van der Waals surface area contributed by atoms with Crippen LogP contribution in [0, 0.1) is 10.1 Å². The summed E-state index contributed by atoms with van der Waals surface area (Å²) in [7, 11) is 0. The van der Waals surface area contributed by atoms with Gasteiger partial charge in [0, 0.05) is 5.39 Å². The Kier molecular flexibility index (Phi) is 1.67. The highest BCUT2D eigenvalue weighted by molar-refractivity contribution is 5.95. The van der Waals surface area contributed by atoms with Crippen LogP contribution in [0.2, 0.25) is 0 Å². The topological polar surface area (TPSA) is 71.8 Å². The minimum Gasteiger partial charge on any atom is -0.354 e. The van der Waals surface area contributed by atoms with Crippen molar-refractivity contribution in [2.45, 2.75) is 0 Å². The van der Waals surface area contributed by atoms with Gasteiger partial charge in [-0.2, -0.15) is 0 Å². The number of benzene rings is 1. The zero-order chi connectivity index (χ0) is 11.1. The monoisotopic (exact) mass is 213 g/mol. The summed E-state index contributed by atoms with van der Waals surface area (Å²) in [6.07, 6.45) is 1.37. The van der Waals surface area contributed by atoms with E-state index in [0.717, 1.165) is 10.9 Å². The number of nitro groups is 1. The molecular formula is C11H7N3O2. The summed E-state index contributed by atoms with van der Waals surface area (Å²) in [6, 6.07) is 9.40. The van der Waals surface area contributed by atoms with Crippen molar-refractivity contribution in [1.29, 1.82) is 0 Å². The van der Waals surface area contributed by atoms with Crippen LogP contribution in [-0.2, 0) is 0 Å². The molecule has 5 nitrogen and oxygen atoms in total. The lowest BCUT2D eigenvalue weighted by Crippen LogP contribution is -1.87. The van der Waals surface area contributed by atoms with Crippen molar-refractivity contribution in [3.8, 4) is 0 Å². The summed E-state index contributed by atoms with van der Waals surface area (Å²) in [5.74, 6) is 0. The van der Waals surface area contributed by atoms with Gasteiger partial charge in [0.05, 0.1) is 22.2 Å². The maximum atomic E-state index is 10.8. The molecule has 0 saturated heterocycles. The minimum absolute atomic E-state index is 0.0146. The number of fused-ring (bicyclic) bond motifs is 2. The van der Waals surface area contributed by atoms with E-state index in [0.29, 0.717) is 11.0 Å². The maximum Gasteiger partial charge on any atom is 0.312 e. The van der Waals surface area contributed by atoms with Crippen molar-refractivity contribution in [2.75, 3.05) is 0 Å². The van der Waals surface area contributed by atoms with Crippen LogP contribution in [0.5, 0.6) is 0 Å². The summed E-state index contributed by atoms with van der Waals surface area (Å²) in [5.41, 5.74) is 1.87. The van der Waals surface area contributed by atoms with Crippen LogP contribution in [0.15, 0.2) is 36.5 Å². The SMILES string of the molecule is O=[N+]([O-])c1c[nH]c2cc3ccccc3nc12. The van der Waals surface area contributed by atoms with Gasteiger partial charge in [0.2, 0.25) is 0 Å². The molecule has 0 spiro atoms. The highest BCUT2D eigenvalue weighted by atomic mass is 16.6. The average molecular weight is 213 g/mol. The summed E-state index contributed by atoms with van der Waals surface area (Å²) >= 11 is 0. The molecule has 2 heterocycles. The Morgan fingerprint density at radius 3 is 2.94 bits per heavy atom.